The van der Waals surface area contributed by atoms with Crippen LogP contribution in [0.15, 0.2) is 47.4 Å². The third kappa shape index (κ3) is 3.92. The molecule has 1 aliphatic heterocycles. The van der Waals surface area contributed by atoms with Crippen LogP contribution >= 0.6 is 11.8 Å². The Morgan fingerprint density at radius 1 is 1.21 bits per heavy atom. The van der Waals surface area contributed by atoms with Crippen LogP contribution in [0.5, 0.6) is 0 Å². The molecule has 1 aliphatic rings. The molecule has 5 nitrogen and oxygen atoms in total. The number of alkyl halides is 2. The Morgan fingerprint density at radius 3 is 2.79 bits per heavy atom. The number of hydrogen-bond donors (Lipinski definition) is 2. The summed E-state index contributed by atoms with van der Waals surface area (Å²) in [4.78, 5) is 12.5. The van der Waals surface area contributed by atoms with Crippen molar-refractivity contribution in [1.29, 1.82) is 0 Å². The van der Waals surface area contributed by atoms with E-state index in [2.05, 4.69) is 22.1 Å². The van der Waals surface area contributed by atoms with Gasteiger partial charge in [-0.1, -0.05) is 29.8 Å². The van der Waals surface area contributed by atoms with E-state index >= 15 is 0 Å². The van der Waals surface area contributed by atoms with E-state index in [4.69, 9.17) is 11.5 Å². The van der Waals surface area contributed by atoms with Crippen molar-refractivity contribution in [1.82, 2.24) is 9.97 Å². The number of benzene rings is 2. The van der Waals surface area contributed by atoms with Crippen LogP contribution in [0.2, 0.25) is 0 Å². The summed E-state index contributed by atoms with van der Waals surface area (Å²) in [5, 5.41) is 0.541. The Kier molecular flexibility index (Phi) is 5.42. The van der Waals surface area contributed by atoms with Crippen molar-refractivity contribution in [3.8, 4) is 0 Å². The van der Waals surface area contributed by atoms with Gasteiger partial charge in [-0.2, -0.15) is 0 Å². The van der Waals surface area contributed by atoms with E-state index in [0.29, 0.717) is 29.9 Å². The van der Waals surface area contributed by atoms with Crippen LogP contribution < -0.4 is 16.4 Å². The highest BCUT2D eigenvalue weighted by Crippen LogP contribution is 2.34. The number of thioether (sulfide) groups is 1. The van der Waals surface area contributed by atoms with Gasteiger partial charge in [-0.3, -0.25) is 0 Å². The molecule has 4 N–H and O–H groups in total. The van der Waals surface area contributed by atoms with Gasteiger partial charge in [0.15, 0.2) is 0 Å². The third-order valence-corrected chi connectivity index (χ3v) is 6.22. The highest BCUT2D eigenvalue weighted by molar-refractivity contribution is 7.99. The first-order valence-electron chi connectivity index (χ1n) is 9.46. The van der Waals surface area contributed by atoms with Gasteiger partial charge >= 0.3 is 0 Å². The average molecular weight is 416 g/mol. The Labute approximate surface area is 172 Å². The van der Waals surface area contributed by atoms with Crippen molar-refractivity contribution in [2.45, 2.75) is 30.3 Å². The summed E-state index contributed by atoms with van der Waals surface area (Å²) in [5.74, 6) is -1.99. The summed E-state index contributed by atoms with van der Waals surface area (Å²) in [5.41, 5.74) is 14.1. The predicted octanol–water partition coefficient (Wildman–Crippen LogP) is 3.64. The lowest BCUT2D eigenvalue weighted by Crippen LogP contribution is -2.40. The van der Waals surface area contributed by atoms with E-state index in [9.17, 15) is 8.78 Å². The quantitative estimate of drug-likeness (QED) is 0.677. The van der Waals surface area contributed by atoms with Crippen LogP contribution in [0.4, 0.5) is 14.7 Å². The largest absolute Gasteiger partial charge is 0.336 e. The third-order valence-electron chi connectivity index (χ3n) is 5.13. The van der Waals surface area contributed by atoms with Gasteiger partial charge in [0.1, 0.15) is 6.04 Å². The van der Waals surface area contributed by atoms with Crippen LogP contribution in [0, 0.1) is 6.92 Å². The van der Waals surface area contributed by atoms with E-state index in [0.717, 1.165) is 11.3 Å². The Balaban J connectivity index is 1.82. The van der Waals surface area contributed by atoms with Gasteiger partial charge in [-0.05, 0) is 30.7 Å². The minimum atomic E-state index is -3.26. The van der Waals surface area contributed by atoms with E-state index in [1.165, 1.54) is 10.5 Å². The van der Waals surface area contributed by atoms with Gasteiger partial charge in [0.05, 0.1) is 17.8 Å². The number of halogens is 2. The number of hydrogen-bond acceptors (Lipinski definition) is 6. The predicted molar refractivity (Wildman–Crippen MR) is 113 cm³/mol. The van der Waals surface area contributed by atoms with Gasteiger partial charge in [0, 0.05) is 29.1 Å². The Hall–Kier alpha value is -2.29. The zero-order chi connectivity index (χ0) is 20.6. The lowest BCUT2D eigenvalue weighted by atomic mass is 10.0. The first-order valence-corrected chi connectivity index (χ1v) is 10.4. The summed E-state index contributed by atoms with van der Waals surface area (Å²) in [6.45, 7) is 2.38. The minimum absolute atomic E-state index is 0.134. The molecule has 29 heavy (non-hydrogen) atoms. The number of fused-ring (bicyclic) bond motifs is 2. The summed E-state index contributed by atoms with van der Waals surface area (Å²) < 4.78 is 28.7. The highest BCUT2D eigenvalue weighted by atomic mass is 32.2. The molecule has 8 heteroatoms. The molecule has 0 aliphatic carbocycles. The molecular weight excluding hydrogens is 392 g/mol. The maximum atomic E-state index is 14.4. The van der Waals surface area contributed by atoms with Crippen molar-refractivity contribution < 1.29 is 8.78 Å². The summed E-state index contributed by atoms with van der Waals surface area (Å²) in [7, 11) is 0. The van der Waals surface area contributed by atoms with Gasteiger partial charge in [-0.15, -0.1) is 11.8 Å². The molecule has 1 atom stereocenters. The number of nitrogens with two attached hydrogens (primary N) is 2. The fourth-order valence-corrected chi connectivity index (χ4v) is 4.48. The number of anilines is 1. The molecule has 1 aromatic heterocycles. The minimum Gasteiger partial charge on any atom is -0.336 e. The Morgan fingerprint density at radius 2 is 2.00 bits per heavy atom. The molecule has 0 fully saturated rings. The molecule has 0 saturated heterocycles. The fraction of sp³-hybridized carbons (Fsp3) is 0.333. The van der Waals surface area contributed by atoms with E-state index < -0.39 is 18.5 Å². The van der Waals surface area contributed by atoms with E-state index in [1.807, 2.05) is 36.1 Å². The summed E-state index contributed by atoms with van der Waals surface area (Å²) >= 11 is 1.77. The first-order chi connectivity index (χ1) is 13.9. The highest BCUT2D eigenvalue weighted by Gasteiger charge is 2.39. The molecule has 2 aromatic carbocycles. The molecule has 4 rings (SSSR count). The maximum Gasteiger partial charge on any atom is 0.280 e. The molecule has 0 saturated carbocycles. The maximum absolute atomic E-state index is 14.4. The van der Waals surface area contributed by atoms with Crippen LogP contribution in [0.3, 0.4) is 0 Å². The number of aromatic nitrogens is 2. The van der Waals surface area contributed by atoms with Crippen LogP contribution in [0.1, 0.15) is 22.9 Å². The molecule has 3 aromatic rings. The van der Waals surface area contributed by atoms with Gasteiger partial charge in [0.25, 0.3) is 5.92 Å². The number of aryl methyl sites for hydroxylation is 1. The zero-order valence-electron chi connectivity index (χ0n) is 16.1. The van der Waals surface area contributed by atoms with Crippen LogP contribution in [-0.4, -0.2) is 34.7 Å². The van der Waals surface area contributed by atoms with Gasteiger partial charge < -0.3 is 16.4 Å². The Bertz CT molecular complexity index is 1040. The van der Waals surface area contributed by atoms with Crippen molar-refractivity contribution in [2.75, 3.05) is 23.7 Å². The standard InChI is InChI=1S/C21H23F2N5S/c1-13-6-7-16-15(10-13)18(19(25)21(22,23)12-24)27-20(26-16)28-8-9-29-17-5-3-2-4-14(17)11-28/h2-7,10,19H,8-9,11-12,24-25H2,1H3. The van der Waals surface area contributed by atoms with E-state index in [-0.39, 0.29) is 5.69 Å². The lowest BCUT2D eigenvalue weighted by molar-refractivity contribution is -0.0173. The molecule has 0 radical (unpaired) electrons. The molecule has 0 amide bonds. The first kappa shape index (κ1) is 20.0. The van der Waals surface area contributed by atoms with Crippen molar-refractivity contribution in [2.24, 2.45) is 11.5 Å². The van der Waals surface area contributed by atoms with Crippen molar-refractivity contribution in [3.63, 3.8) is 0 Å². The second-order valence-corrected chi connectivity index (χ2v) is 8.39. The molecular formula is C21H23F2N5S. The molecule has 0 bridgehead atoms. The lowest BCUT2D eigenvalue weighted by Gasteiger charge is -2.26. The second kappa shape index (κ2) is 7.85. The SMILES string of the molecule is Cc1ccc2nc(N3CCSc4ccccc4C3)nc(C(N)C(F)(F)CN)c2c1. The van der Waals surface area contributed by atoms with Crippen molar-refractivity contribution >= 4 is 28.6 Å². The molecule has 152 valence electrons. The zero-order valence-corrected chi connectivity index (χ0v) is 16.9. The molecule has 0 spiro atoms. The summed E-state index contributed by atoms with van der Waals surface area (Å²) in [6, 6.07) is 12.1. The topological polar surface area (TPSA) is 81.1 Å². The molecule has 1 unspecified atom stereocenters. The normalized spacial score (nSPS) is 15.8. The number of nitrogens with zero attached hydrogens (tertiary/aromatic N) is 3. The monoisotopic (exact) mass is 415 g/mol. The van der Waals surface area contributed by atoms with Gasteiger partial charge in [-0.25, -0.2) is 18.7 Å². The molecule has 2 heterocycles. The summed E-state index contributed by atoms with van der Waals surface area (Å²) in [6.07, 6.45) is 0. The van der Waals surface area contributed by atoms with Gasteiger partial charge in [0.2, 0.25) is 5.95 Å². The van der Waals surface area contributed by atoms with Crippen LogP contribution in [-0.2, 0) is 6.54 Å². The smallest absolute Gasteiger partial charge is 0.280 e. The number of rotatable bonds is 4. The fourth-order valence-electron chi connectivity index (χ4n) is 3.46. The van der Waals surface area contributed by atoms with Crippen LogP contribution in [0.25, 0.3) is 10.9 Å². The average Bonchev–Trinajstić information content (AvgIpc) is 2.95. The van der Waals surface area contributed by atoms with Crippen molar-refractivity contribution in [3.05, 3.63) is 59.3 Å². The second-order valence-electron chi connectivity index (χ2n) is 7.25. The van der Waals surface area contributed by atoms with E-state index in [1.54, 1.807) is 17.8 Å².